The van der Waals surface area contributed by atoms with Gasteiger partial charge in [-0.2, -0.15) is 4.31 Å². The van der Waals surface area contributed by atoms with Crippen molar-refractivity contribution in [2.45, 2.75) is 37.1 Å². The summed E-state index contributed by atoms with van der Waals surface area (Å²) < 4.78 is 33.5. The third-order valence-corrected chi connectivity index (χ3v) is 8.19. The molecule has 3 aromatic carbocycles. The third-order valence-electron chi connectivity index (χ3n) is 6.16. The van der Waals surface area contributed by atoms with Crippen LogP contribution in [0.4, 0.5) is 5.69 Å². The Balaban J connectivity index is 1.37. The Hall–Kier alpha value is -3.49. The Morgan fingerprint density at radius 3 is 2.50 bits per heavy atom. The van der Waals surface area contributed by atoms with Crippen LogP contribution < -0.4 is 5.32 Å². The van der Waals surface area contributed by atoms with Gasteiger partial charge in [-0.05, 0) is 68.3 Å². The van der Waals surface area contributed by atoms with E-state index in [9.17, 15) is 13.2 Å². The summed E-state index contributed by atoms with van der Waals surface area (Å²) >= 11 is 0. The summed E-state index contributed by atoms with van der Waals surface area (Å²) in [5.41, 5.74) is 2.97. The number of hydrogen-bond donors (Lipinski definition) is 1. The molecule has 1 aliphatic rings. The Labute approximate surface area is 198 Å². The second kappa shape index (κ2) is 9.04. The predicted molar refractivity (Wildman–Crippen MR) is 131 cm³/mol. The number of benzene rings is 3. The van der Waals surface area contributed by atoms with E-state index < -0.39 is 10.0 Å². The average Bonchev–Trinajstić information content (AvgIpc) is 3.29. The number of aromatic nitrogens is 1. The highest BCUT2D eigenvalue weighted by atomic mass is 32.2. The highest BCUT2D eigenvalue weighted by Gasteiger charge is 2.31. The molecular formula is C26H25N3O4S. The fourth-order valence-corrected chi connectivity index (χ4v) is 6.00. The van der Waals surface area contributed by atoms with Crippen molar-refractivity contribution < 1.29 is 17.6 Å². The maximum absolute atomic E-state index is 13.1. The molecule has 1 fully saturated rings. The zero-order valence-corrected chi connectivity index (χ0v) is 19.6. The number of anilines is 1. The van der Waals surface area contributed by atoms with Gasteiger partial charge >= 0.3 is 0 Å². The number of para-hydroxylation sites is 3. The molecular weight excluding hydrogens is 450 g/mol. The van der Waals surface area contributed by atoms with Crippen molar-refractivity contribution in [1.29, 1.82) is 0 Å². The number of carbonyl (C=O) groups is 1. The van der Waals surface area contributed by atoms with Gasteiger partial charge in [0.15, 0.2) is 5.58 Å². The lowest BCUT2D eigenvalue weighted by atomic mass is 10.1. The molecule has 1 aliphatic heterocycles. The molecule has 0 unspecified atom stereocenters. The van der Waals surface area contributed by atoms with E-state index in [1.54, 1.807) is 22.5 Å². The molecule has 174 valence electrons. The van der Waals surface area contributed by atoms with Gasteiger partial charge in [0.05, 0.1) is 16.1 Å². The van der Waals surface area contributed by atoms with Gasteiger partial charge in [0.1, 0.15) is 5.52 Å². The molecule has 1 saturated heterocycles. The van der Waals surface area contributed by atoms with Crippen LogP contribution in [-0.2, 0) is 10.0 Å². The van der Waals surface area contributed by atoms with Gasteiger partial charge in [0.2, 0.25) is 15.9 Å². The number of hydrogen-bond acceptors (Lipinski definition) is 5. The molecule has 1 amide bonds. The number of amides is 1. The van der Waals surface area contributed by atoms with Crippen molar-refractivity contribution in [2.75, 3.05) is 11.9 Å². The summed E-state index contributed by atoms with van der Waals surface area (Å²) in [6, 6.07) is 20.8. The average molecular weight is 476 g/mol. The number of carbonyl (C=O) groups excluding carboxylic acids is 1. The summed E-state index contributed by atoms with van der Waals surface area (Å²) in [6.07, 6.45) is 2.76. The molecule has 1 aromatic heterocycles. The Kier molecular flexibility index (Phi) is 5.93. The first-order chi connectivity index (χ1) is 16.4. The Bertz CT molecular complexity index is 1410. The summed E-state index contributed by atoms with van der Waals surface area (Å²) in [5.74, 6) is 0.0630. The zero-order chi connectivity index (χ0) is 23.7. The van der Waals surface area contributed by atoms with Crippen LogP contribution in [-0.4, -0.2) is 36.2 Å². The molecule has 0 spiro atoms. The van der Waals surface area contributed by atoms with Crippen molar-refractivity contribution in [3.05, 3.63) is 78.4 Å². The first kappa shape index (κ1) is 22.3. The quantitative estimate of drug-likeness (QED) is 0.422. The first-order valence-electron chi connectivity index (χ1n) is 11.3. The number of fused-ring (bicyclic) bond motifs is 1. The fourth-order valence-electron chi connectivity index (χ4n) is 4.30. The van der Waals surface area contributed by atoms with Crippen molar-refractivity contribution in [1.82, 2.24) is 9.29 Å². The minimum absolute atomic E-state index is 0.0231. The molecule has 2 heterocycles. The van der Waals surface area contributed by atoms with Crippen LogP contribution in [0, 0.1) is 0 Å². The predicted octanol–water partition coefficient (Wildman–Crippen LogP) is 5.31. The van der Waals surface area contributed by atoms with Crippen LogP contribution in [0.25, 0.3) is 22.6 Å². The van der Waals surface area contributed by atoms with Crippen LogP contribution in [0.5, 0.6) is 0 Å². The van der Waals surface area contributed by atoms with Gasteiger partial charge in [-0.1, -0.05) is 30.7 Å². The Morgan fingerprint density at radius 1 is 1.00 bits per heavy atom. The minimum atomic E-state index is -3.59. The van der Waals surface area contributed by atoms with E-state index in [1.807, 2.05) is 49.4 Å². The molecule has 1 atom stereocenters. The molecule has 4 aromatic rings. The summed E-state index contributed by atoms with van der Waals surface area (Å²) in [4.78, 5) is 17.7. The summed E-state index contributed by atoms with van der Waals surface area (Å²) in [7, 11) is -3.59. The van der Waals surface area contributed by atoms with Crippen LogP contribution >= 0.6 is 0 Å². The van der Waals surface area contributed by atoms with Gasteiger partial charge in [-0.25, -0.2) is 13.4 Å². The van der Waals surface area contributed by atoms with Gasteiger partial charge in [0, 0.05) is 18.2 Å². The third kappa shape index (κ3) is 4.22. The smallest absolute Gasteiger partial charge is 0.255 e. The summed E-state index contributed by atoms with van der Waals surface area (Å²) in [6.45, 7) is 2.46. The van der Waals surface area contributed by atoms with Crippen molar-refractivity contribution in [3.63, 3.8) is 0 Å². The van der Waals surface area contributed by atoms with Crippen molar-refractivity contribution >= 4 is 32.7 Å². The van der Waals surface area contributed by atoms with Crippen LogP contribution in [0.1, 0.15) is 36.5 Å². The van der Waals surface area contributed by atoms with Gasteiger partial charge in [-0.3, -0.25) is 4.79 Å². The number of oxazole rings is 1. The standard InChI is InChI=1S/C26H25N3O4S/c1-18-8-6-7-17-29(18)34(31,32)20-15-13-19(14-16-20)25(30)27-22-10-3-2-9-21(22)26-28-23-11-4-5-12-24(23)33-26/h2-5,9-16,18H,6-8,17H2,1H3,(H,27,30)/t18-/m0/s1. The molecule has 0 saturated carbocycles. The monoisotopic (exact) mass is 475 g/mol. The topological polar surface area (TPSA) is 92.5 Å². The zero-order valence-electron chi connectivity index (χ0n) is 18.8. The van der Waals surface area contributed by atoms with Crippen LogP contribution in [0.3, 0.4) is 0 Å². The molecule has 5 rings (SSSR count). The number of sulfonamides is 1. The second-order valence-electron chi connectivity index (χ2n) is 8.47. The van der Waals surface area contributed by atoms with Crippen molar-refractivity contribution in [3.8, 4) is 11.5 Å². The first-order valence-corrected chi connectivity index (χ1v) is 12.8. The van der Waals surface area contributed by atoms with E-state index in [0.29, 0.717) is 34.8 Å². The molecule has 0 radical (unpaired) electrons. The van der Waals surface area contributed by atoms with Crippen molar-refractivity contribution in [2.24, 2.45) is 0 Å². The van der Waals surface area contributed by atoms with E-state index in [2.05, 4.69) is 10.3 Å². The maximum atomic E-state index is 13.1. The molecule has 34 heavy (non-hydrogen) atoms. The fraction of sp³-hybridized carbons (Fsp3) is 0.231. The van der Waals surface area contributed by atoms with E-state index >= 15 is 0 Å². The molecule has 1 N–H and O–H groups in total. The molecule has 0 aliphatic carbocycles. The lowest BCUT2D eigenvalue weighted by Crippen LogP contribution is -2.41. The highest BCUT2D eigenvalue weighted by molar-refractivity contribution is 7.89. The van der Waals surface area contributed by atoms with E-state index in [1.165, 1.54) is 12.1 Å². The number of rotatable bonds is 5. The SMILES string of the molecule is C[C@H]1CCCCN1S(=O)(=O)c1ccc(C(=O)Nc2ccccc2-c2nc3ccccc3o2)cc1. The minimum Gasteiger partial charge on any atom is -0.436 e. The number of nitrogens with zero attached hydrogens (tertiary/aromatic N) is 2. The lowest BCUT2D eigenvalue weighted by Gasteiger charge is -2.32. The molecule has 7 nitrogen and oxygen atoms in total. The van der Waals surface area contributed by atoms with E-state index in [-0.39, 0.29) is 16.8 Å². The van der Waals surface area contributed by atoms with Gasteiger partial charge < -0.3 is 9.73 Å². The lowest BCUT2D eigenvalue weighted by molar-refractivity contribution is 0.102. The van der Waals surface area contributed by atoms with Crippen LogP contribution in [0.15, 0.2) is 82.1 Å². The maximum Gasteiger partial charge on any atom is 0.255 e. The Morgan fingerprint density at radius 2 is 1.74 bits per heavy atom. The normalized spacial score (nSPS) is 17.0. The highest BCUT2D eigenvalue weighted by Crippen LogP contribution is 2.30. The van der Waals surface area contributed by atoms with Gasteiger partial charge in [-0.15, -0.1) is 0 Å². The van der Waals surface area contributed by atoms with Gasteiger partial charge in [0.25, 0.3) is 5.91 Å². The largest absolute Gasteiger partial charge is 0.436 e. The second-order valence-corrected chi connectivity index (χ2v) is 10.4. The molecule has 0 bridgehead atoms. The van der Waals surface area contributed by atoms with E-state index in [0.717, 1.165) is 24.8 Å². The molecule has 8 heteroatoms. The van der Waals surface area contributed by atoms with Crippen LogP contribution in [0.2, 0.25) is 0 Å². The number of piperidine rings is 1. The summed E-state index contributed by atoms with van der Waals surface area (Å²) in [5, 5.41) is 2.90. The number of nitrogens with one attached hydrogen (secondary N) is 1. The van der Waals surface area contributed by atoms with E-state index in [4.69, 9.17) is 4.42 Å².